The summed E-state index contributed by atoms with van der Waals surface area (Å²) in [5.41, 5.74) is 4.07. The summed E-state index contributed by atoms with van der Waals surface area (Å²) in [4.78, 5) is 0. The Morgan fingerprint density at radius 3 is 2.19 bits per heavy atom. The van der Waals surface area contributed by atoms with Gasteiger partial charge in [0.15, 0.2) is 0 Å². The minimum atomic E-state index is 0.579. The molecule has 0 N–H and O–H groups in total. The van der Waals surface area contributed by atoms with Crippen LogP contribution in [0.1, 0.15) is 25.3 Å². The van der Waals surface area contributed by atoms with Gasteiger partial charge in [-0.15, -0.1) is 0 Å². The van der Waals surface area contributed by atoms with Gasteiger partial charge >= 0.3 is 0 Å². The van der Waals surface area contributed by atoms with Crippen molar-refractivity contribution in [3.05, 3.63) is 57.7 Å². The minimum Gasteiger partial charge on any atom is -0.0622 e. The second-order valence-corrected chi connectivity index (χ2v) is 5.31. The molecule has 0 saturated carbocycles. The molecule has 0 aromatic heterocycles. The van der Waals surface area contributed by atoms with Crippen molar-refractivity contribution < 1.29 is 0 Å². The van der Waals surface area contributed by atoms with Crippen LogP contribution in [0.5, 0.6) is 0 Å². The predicted molar refractivity (Wildman–Crippen MR) is 78.7 cm³/mol. The summed E-state index contributed by atoms with van der Waals surface area (Å²) in [6.45, 7) is 4.48. The lowest BCUT2D eigenvalue weighted by Gasteiger charge is -2.12. The third-order valence-electron chi connectivity index (χ3n) is 2.74. The summed E-state index contributed by atoms with van der Waals surface area (Å²) < 4.78 is 1.38. The molecule has 0 unspecified atom stereocenters. The van der Waals surface area contributed by atoms with Gasteiger partial charge in [-0.3, -0.25) is 0 Å². The van der Waals surface area contributed by atoms with Gasteiger partial charge in [-0.2, -0.15) is 0 Å². The molecule has 0 saturated heterocycles. The third kappa shape index (κ3) is 2.29. The zero-order valence-electron chi connectivity index (χ0n) is 9.57. The van der Waals surface area contributed by atoms with Crippen LogP contribution in [0.15, 0.2) is 48.5 Å². The molecule has 0 fully saturated rings. The number of rotatable bonds is 2. The van der Waals surface area contributed by atoms with Crippen molar-refractivity contribution in [1.29, 1.82) is 0 Å². The Morgan fingerprint density at radius 1 is 0.875 bits per heavy atom. The van der Waals surface area contributed by atoms with Crippen molar-refractivity contribution in [1.82, 2.24) is 0 Å². The van der Waals surface area contributed by atoms with E-state index in [1.165, 1.54) is 20.3 Å². The van der Waals surface area contributed by atoms with E-state index in [1.54, 1.807) is 0 Å². The second kappa shape index (κ2) is 5.00. The van der Waals surface area contributed by atoms with E-state index in [2.05, 4.69) is 85.0 Å². The lowest BCUT2D eigenvalue weighted by atomic mass is 9.97. The molecule has 2 aromatic carbocycles. The highest BCUT2D eigenvalue weighted by molar-refractivity contribution is 14.1. The molecule has 2 rings (SSSR count). The standard InChI is InChI=1S/C15H15I/c1-11(2)13-9-6-10-14(15(13)16)12-7-4-3-5-8-12/h3-11H,1-2H3. The SMILES string of the molecule is CC(C)c1cccc(-c2ccccc2)c1I. The molecule has 0 aliphatic carbocycles. The van der Waals surface area contributed by atoms with Gasteiger partial charge < -0.3 is 0 Å². The Hall–Kier alpha value is -0.830. The Labute approximate surface area is 111 Å². The van der Waals surface area contributed by atoms with Crippen molar-refractivity contribution in [2.45, 2.75) is 19.8 Å². The number of hydrogen-bond acceptors (Lipinski definition) is 0. The molecule has 0 aliphatic heterocycles. The topological polar surface area (TPSA) is 0 Å². The molecule has 0 spiro atoms. The molecule has 0 heterocycles. The van der Waals surface area contributed by atoms with E-state index in [-0.39, 0.29) is 0 Å². The van der Waals surface area contributed by atoms with E-state index in [0.29, 0.717) is 5.92 Å². The summed E-state index contributed by atoms with van der Waals surface area (Å²) >= 11 is 2.46. The van der Waals surface area contributed by atoms with Crippen LogP contribution in [-0.2, 0) is 0 Å². The third-order valence-corrected chi connectivity index (χ3v) is 3.94. The van der Waals surface area contributed by atoms with Gasteiger partial charge in [-0.1, -0.05) is 62.4 Å². The van der Waals surface area contributed by atoms with Crippen LogP contribution < -0.4 is 0 Å². The lowest BCUT2D eigenvalue weighted by molar-refractivity contribution is 0.861. The first-order chi connectivity index (χ1) is 7.70. The second-order valence-electron chi connectivity index (χ2n) is 4.23. The van der Waals surface area contributed by atoms with Crippen LogP contribution in [0.2, 0.25) is 0 Å². The van der Waals surface area contributed by atoms with Gasteiger partial charge in [0.1, 0.15) is 0 Å². The monoisotopic (exact) mass is 322 g/mol. The van der Waals surface area contributed by atoms with Crippen molar-refractivity contribution >= 4 is 22.6 Å². The lowest BCUT2D eigenvalue weighted by Crippen LogP contribution is -1.94. The largest absolute Gasteiger partial charge is 0.0622 e. The first-order valence-electron chi connectivity index (χ1n) is 5.54. The van der Waals surface area contributed by atoms with E-state index < -0.39 is 0 Å². The van der Waals surface area contributed by atoms with Crippen LogP contribution >= 0.6 is 22.6 Å². The van der Waals surface area contributed by atoms with Crippen LogP contribution in [0.25, 0.3) is 11.1 Å². The molecule has 0 nitrogen and oxygen atoms in total. The molecule has 82 valence electrons. The van der Waals surface area contributed by atoms with E-state index in [1.807, 2.05) is 0 Å². The highest BCUT2D eigenvalue weighted by Crippen LogP contribution is 2.30. The fourth-order valence-electron chi connectivity index (χ4n) is 1.84. The van der Waals surface area contributed by atoms with E-state index in [9.17, 15) is 0 Å². The van der Waals surface area contributed by atoms with Gasteiger partial charge in [0, 0.05) is 3.57 Å². The molecule has 2 aromatic rings. The van der Waals surface area contributed by atoms with Crippen LogP contribution in [0.4, 0.5) is 0 Å². The maximum absolute atomic E-state index is 2.46. The van der Waals surface area contributed by atoms with Crippen molar-refractivity contribution in [2.75, 3.05) is 0 Å². The molecule has 0 atom stereocenters. The average Bonchev–Trinajstić information content (AvgIpc) is 2.30. The number of hydrogen-bond donors (Lipinski definition) is 0. The molecular weight excluding hydrogens is 307 g/mol. The molecular formula is C15H15I. The van der Waals surface area contributed by atoms with E-state index >= 15 is 0 Å². The Bertz CT molecular complexity index is 472. The first kappa shape index (κ1) is 11.6. The summed E-state index contributed by atoms with van der Waals surface area (Å²) in [6.07, 6.45) is 0. The quantitative estimate of drug-likeness (QED) is 0.676. The Morgan fingerprint density at radius 2 is 1.56 bits per heavy atom. The fraction of sp³-hybridized carbons (Fsp3) is 0.200. The maximum atomic E-state index is 2.46. The van der Waals surface area contributed by atoms with Crippen molar-refractivity contribution in [3.8, 4) is 11.1 Å². The van der Waals surface area contributed by atoms with Crippen LogP contribution in [0.3, 0.4) is 0 Å². The summed E-state index contributed by atoms with van der Waals surface area (Å²) in [7, 11) is 0. The summed E-state index contributed by atoms with van der Waals surface area (Å²) in [6, 6.07) is 17.1. The molecule has 0 amide bonds. The molecule has 16 heavy (non-hydrogen) atoms. The van der Waals surface area contributed by atoms with Gasteiger partial charge in [0.05, 0.1) is 0 Å². The first-order valence-corrected chi connectivity index (χ1v) is 6.62. The smallest absolute Gasteiger partial charge is 0.0243 e. The van der Waals surface area contributed by atoms with Gasteiger partial charge in [0.2, 0.25) is 0 Å². The van der Waals surface area contributed by atoms with E-state index in [4.69, 9.17) is 0 Å². The molecule has 1 heteroatoms. The highest BCUT2D eigenvalue weighted by atomic mass is 127. The Balaban J connectivity index is 2.55. The minimum absolute atomic E-state index is 0.579. The molecule has 0 bridgehead atoms. The average molecular weight is 322 g/mol. The van der Waals surface area contributed by atoms with Gasteiger partial charge in [0.25, 0.3) is 0 Å². The number of benzene rings is 2. The fourth-order valence-corrected chi connectivity index (χ4v) is 3.13. The maximum Gasteiger partial charge on any atom is 0.0243 e. The normalized spacial score (nSPS) is 10.8. The molecule has 0 aliphatic rings. The predicted octanol–water partition coefficient (Wildman–Crippen LogP) is 5.08. The molecule has 0 radical (unpaired) electrons. The van der Waals surface area contributed by atoms with E-state index in [0.717, 1.165) is 0 Å². The zero-order valence-corrected chi connectivity index (χ0v) is 11.7. The van der Waals surface area contributed by atoms with Crippen molar-refractivity contribution in [2.24, 2.45) is 0 Å². The Kier molecular flexibility index (Phi) is 3.64. The van der Waals surface area contributed by atoms with Gasteiger partial charge in [-0.05, 0) is 45.2 Å². The van der Waals surface area contributed by atoms with Crippen LogP contribution in [-0.4, -0.2) is 0 Å². The van der Waals surface area contributed by atoms with Gasteiger partial charge in [-0.25, -0.2) is 0 Å². The van der Waals surface area contributed by atoms with Crippen LogP contribution in [0, 0.1) is 3.57 Å². The number of halogens is 1. The zero-order chi connectivity index (χ0) is 11.5. The summed E-state index contributed by atoms with van der Waals surface area (Å²) in [5.74, 6) is 0.579. The summed E-state index contributed by atoms with van der Waals surface area (Å²) in [5, 5.41) is 0. The van der Waals surface area contributed by atoms with Crippen molar-refractivity contribution in [3.63, 3.8) is 0 Å². The highest BCUT2D eigenvalue weighted by Gasteiger charge is 2.09.